The van der Waals surface area contributed by atoms with Gasteiger partial charge in [0, 0.05) is 25.4 Å². The number of imidazole rings is 1. The zero-order chi connectivity index (χ0) is 25.5. The Morgan fingerprint density at radius 2 is 1.97 bits per heavy atom. The second-order valence-electron chi connectivity index (χ2n) is 9.39. The third-order valence-corrected chi connectivity index (χ3v) is 6.36. The molecule has 1 aliphatic rings. The van der Waals surface area contributed by atoms with Crippen LogP contribution in [0.4, 0.5) is 9.18 Å². The molecule has 1 fully saturated rings. The monoisotopic (exact) mass is 548 g/mol. The molecule has 1 unspecified atom stereocenters. The molecule has 0 bridgehead atoms. The van der Waals surface area contributed by atoms with E-state index in [4.69, 9.17) is 4.74 Å². The van der Waals surface area contributed by atoms with E-state index in [1.54, 1.807) is 48.4 Å². The van der Waals surface area contributed by atoms with Crippen molar-refractivity contribution in [2.75, 3.05) is 20.2 Å². The van der Waals surface area contributed by atoms with Crippen LogP contribution in [-0.2, 0) is 16.0 Å². The van der Waals surface area contributed by atoms with Crippen molar-refractivity contribution < 1.29 is 23.5 Å². The van der Waals surface area contributed by atoms with Crippen LogP contribution in [-0.4, -0.2) is 56.9 Å². The first-order valence-electron chi connectivity index (χ1n) is 11.1. The zero-order valence-corrected chi connectivity index (χ0v) is 21.5. The maximum absolute atomic E-state index is 14.5. The van der Waals surface area contributed by atoms with Crippen LogP contribution in [0.15, 0.2) is 39.7 Å². The minimum Gasteiger partial charge on any atom is -0.465 e. The van der Waals surface area contributed by atoms with Crippen LogP contribution in [0.25, 0.3) is 11.0 Å². The fraction of sp³-hybridized carbons (Fsp3) is 0.417. The second kappa shape index (κ2) is 9.44. The van der Waals surface area contributed by atoms with E-state index in [1.807, 2.05) is 0 Å². The van der Waals surface area contributed by atoms with Crippen molar-refractivity contribution in [1.82, 2.24) is 19.0 Å². The molecule has 1 aliphatic heterocycles. The van der Waals surface area contributed by atoms with Crippen LogP contribution >= 0.6 is 15.9 Å². The molecule has 0 radical (unpaired) electrons. The Kier molecular flexibility index (Phi) is 6.72. The Hall–Kier alpha value is -3.21. The molecule has 1 aromatic carbocycles. The lowest BCUT2D eigenvalue weighted by Gasteiger charge is -2.24. The number of carbonyl (C=O) groups is 2. The topological polar surface area (TPSA) is 95.7 Å². The van der Waals surface area contributed by atoms with Gasteiger partial charge in [0.25, 0.3) is 0 Å². The Morgan fingerprint density at radius 3 is 2.60 bits per heavy atom. The number of likely N-dealkylation sites (tertiary alicyclic amines) is 1. The Morgan fingerprint density at radius 1 is 1.23 bits per heavy atom. The number of benzene rings is 1. The number of pyridine rings is 1. The SMILES string of the molecule is COC(=O)c1ccc(Cn2c(=O)n(C3CCN(C(=O)OC(C)(C)C)C3)c3cc(Br)c(F)cc32)nc1. The molecule has 1 amide bonds. The molecule has 2 aromatic heterocycles. The van der Waals surface area contributed by atoms with Gasteiger partial charge in [-0.15, -0.1) is 0 Å². The summed E-state index contributed by atoms with van der Waals surface area (Å²) < 4.78 is 27.9. The number of hydrogen-bond acceptors (Lipinski definition) is 6. The van der Waals surface area contributed by atoms with Gasteiger partial charge in [-0.05, 0) is 61.3 Å². The largest absolute Gasteiger partial charge is 0.465 e. The summed E-state index contributed by atoms with van der Waals surface area (Å²) in [6.07, 6.45) is 1.50. The number of rotatable bonds is 4. The molecule has 4 rings (SSSR count). The number of hydrogen-bond donors (Lipinski definition) is 0. The highest BCUT2D eigenvalue weighted by Gasteiger charge is 2.33. The van der Waals surface area contributed by atoms with E-state index < -0.39 is 23.5 Å². The first kappa shape index (κ1) is 24.9. The van der Waals surface area contributed by atoms with E-state index >= 15 is 0 Å². The highest BCUT2D eigenvalue weighted by Crippen LogP contribution is 2.29. The fourth-order valence-corrected chi connectivity index (χ4v) is 4.47. The second-order valence-corrected chi connectivity index (χ2v) is 10.2. The minimum absolute atomic E-state index is 0.0767. The van der Waals surface area contributed by atoms with Gasteiger partial charge < -0.3 is 14.4 Å². The Bertz CT molecular complexity index is 1340. The van der Waals surface area contributed by atoms with Gasteiger partial charge in [-0.2, -0.15) is 0 Å². The summed E-state index contributed by atoms with van der Waals surface area (Å²) in [6.45, 7) is 6.22. The lowest BCUT2D eigenvalue weighted by Crippen LogP contribution is -2.36. The summed E-state index contributed by atoms with van der Waals surface area (Å²) in [4.78, 5) is 43.6. The van der Waals surface area contributed by atoms with E-state index in [9.17, 15) is 18.8 Å². The third kappa shape index (κ3) is 5.09. The standard InChI is InChI=1S/C24H26BrFN4O5/c1-24(2,3)35-23(33)28-8-7-16(13-28)30-20-9-17(25)18(26)10-19(20)29(22(30)32)12-15-6-5-14(11-27-15)21(31)34-4/h5-6,9-11,16H,7-8,12-13H2,1-4H3. The highest BCUT2D eigenvalue weighted by atomic mass is 79.9. The molecule has 0 aliphatic carbocycles. The Balaban J connectivity index is 1.70. The number of amides is 1. The summed E-state index contributed by atoms with van der Waals surface area (Å²) in [7, 11) is 1.28. The summed E-state index contributed by atoms with van der Waals surface area (Å²) in [6, 6.07) is 5.76. The van der Waals surface area contributed by atoms with E-state index in [0.717, 1.165) is 0 Å². The maximum Gasteiger partial charge on any atom is 0.410 e. The lowest BCUT2D eigenvalue weighted by atomic mass is 10.2. The van der Waals surface area contributed by atoms with Crippen molar-refractivity contribution in [2.24, 2.45) is 0 Å². The number of halogens is 2. The summed E-state index contributed by atoms with van der Waals surface area (Å²) in [5.41, 5.74) is 0.794. The molecule has 35 heavy (non-hydrogen) atoms. The number of ether oxygens (including phenoxy) is 2. The number of esters is 1. The normalized spacial score (nSPS) is 16.1. The predicted molar refractivity (Wildman–Crippen MR) is 130 cm³/mol. The van der Waals surface area contributed by atoms with Gasteiger partial charge in [-0.1, -0.05) is 0 Å². The molecule has 3 heterocycles. The predicted octanol–water partition coefficient (Wildman–Crippen LogP) is 4.12. The van der Waals surface area contributed by atoms with Crippen LogP contribution in [0, 0.1) is 5.82 Å². The van der Waals surface area contributed by atoms with E-state index in [0.29, 0.717) is 36.2 Å². The highest BCUT2D eigenvalue weighted by molar-refractivity contribution is 9.10. The third-order valence-electron chi connectivity index (χ3n) is 5.75. The first-order chi connectivity index (χ1) is 16.5. The van der Waals surface area contributed by atoms with Gasteiger partial charge in [0.1, 0.15) is 11.4 Å². The molecule has 3 aromatic rings. The van der Waals surface area contributed by atoms with Crippen LogP contribution < -0.4 is 5.69 Å². The van der Waals surface area contributed by atoms with Crippen LogP contribution in [0.5, 0.6) is 0 Å². The molecular formula is C24H26BrFN4O5. The van der Waals surface area contributed by atoms with E-state index in [2.05, 4.69) is 25.7 Å². The van der Waals surface area contributed by atoms with Gasteiger partial charge >= 0.3 is 17.8 Å². The zero-order valence-electron chi connectivity index (χ0n) is 19.9. The lowest BCUT2D eigenvalue weighted by molar-refractivity contribution is 0.0288. The molecule has 1 saturated heterocycles. The van der Waals surface area contributed by atoms with Crippen molar-refractivity contribution in [3.8, 4) is 0 Å². The summed E-state index contributed by atoms with van der Waals surface area (Å²) >= 11 is 3.22. The first-order valence-corrected chi connectivity index (χ1v) is 11.9. The maximum atomic E-state index is 14.5. The average molecular weight is 549 g/mol. The van der Waals surface area contributed by atoms with Crippen LogP contribution in [0.3, 0.4) is 0 Å². The summed E-state index contributed by atoms with van der Waals surface area (Å²) in [5, 5.41) is 0. The van der Waals surface area contributed by atoms with E-state index in [-0.39, 0.29) is 28.3 Å². The average Bonchev–Trinajstić information content (AvgIpc) is 3.37. The number of aromatic nitrogens is 3. The van der Waals surface area contributed by atoms with Crippen molar-refractivity contribution in [3.05, 3.63) is 62.5 Å². The molecule has 9 nitrogen and oxygen atoms in total. The molecular weight excluding hydrogens is 523 g/mol. The molecule has 11 heteroatoms. The van der Waals surface area contributed by atoms with Crippen LogP contribution in [0.2, 0.25) is 0 Å². The number of carbonyl (C=O) groups excluding carboxylic acids is 2. The van der Waals surface area contributed by atoms with Gasteiger partial charge in [-0.25, -0.2) is 18.8 Å². The van der Waals surface area contributed by atoms with Crippen LogP contribution in [0.1, 0.15) is 49.3 Å². The Labute approximate surface area is 209 Å². The molecule has 1 atom stereocenters. The quantitative estimate of drug-likeness (QED) is 0.455. The van der Waals surface area contributed by atoms with Gasteiger partial charge in [0.15, 0.2) is 0 Å². The molecule has 0 saturated carbocycles. The fourth-order valence-electron chi connectivity index (χ4n) is 4.14. The summed E-state index contributed by atoms with van der Waals surface area (Å²) in [5.74, 6) is -1.01. The molecule has 186 valence electrons. The van der Waals surface area contributed by atoms with Crippen molar-refractivity contribution in [1.29, 1.82) is 0 Å². The van der Waals surface area contributed by atoms with Gasteiger partial charge in [-0.3, -0.25) is 14.1 Å². The van der Waals surface area contributed by atoms with Crippen molar-refractivity contribution in [2.45, 2.75) is 45.4 Å². The molecule has 0 spiro atoms. The van der Waals surface area contributed by atoms with Crippen molar-refractivity contribution >= 4 is 39.0 Å². The number of methoxy groups -OCH3 is 1. The smallest absolute Gasteiger partial charge is 0.410 e. The number of nitrogens with zero attached hydrogens (tertiary/aromatic N) is 4. The van der Waals surface area contributed by atoms with Gasteiger partial charge in [0.05, 0.1) is 46.5 Å². The van der Waals surface area contributed by atoms with Crippen molar-refractivity contribution in [3.63, 3.8) is 0 Å². The minimum atomic E-state index is -0.624. The number of fused-ring (bicyclic) bond motifs is 1. The molecule has 0 N–H and O–H groups in total. The van der Waals surface area contributed by atoms with Gasteiger partial charge in [0.2, 0.25) is 0 Å². The van der Waals surface area contributed by atoms with E-state index in [1.165, 1.54) is 23.9 Å².